The van der Waals surface area contributed by atoms with Crippen LogP contribution in [0.2, 0.25) is 5.02 Å². The second-order valence-electron chi connectivity index (χ2n) is 6.33. The topological polar surface area (TPSA) is 78.4 Å². The predicted octanol–water partition coefficient (Wildman–Crippen LogP) is 2.83. The standard InChI is InChI=1S/C19H18ClFN2O3/c20-15-10-14(8-9-16(15)21)23-18(25)17(24)22-11-19(26,13-6-7-13)12-4-2-1-3-5-12/h1-5,8-10,13,26H,6-7,11H2,(H,22,24)(H,23,25). The zero-order valence-electron chi connectivity index (χ0n) is 13.8. The van der Waals surface area contributed by atoms with Gasteiger partial charge >= 0.3 is 11.8 Å². The van der Waals surface area contributed by atoms with E-state index in [1.54, 1.807) is 12.1 Å². The van der Waals surface area contributed by atoms with E-state index in [2.05, 4.69) is 10.6 Å². The van der Waals surface area contributed by atoms with Crippen LogP contribution in [0.5, 0.6) is 0 Å². The lowest BCUT2D eigenvalue weighted by Gasteiger charge is -2.29. The van der Waals surface area contributed by atoms with Crippen LogP contribution in [0.25, 0.3) is 0 Å². The Morgan fingerprint density at radius 2 is 1.85 bits per heavy atom. The molecule has 1 aliphatic carbocycles. The quantitative estimate of drug-likeness (QED) is 0.702. The summed E-state index contributed by atoms with van der Waals surface area (Å²) in [5.41, 5.74) is -0.304. The number of rotatable bonds is 5. The van der Waals surface area contributed by atoms with Crippen molar-refractivity contribution in [3.63, 3.8) is 0 Å². The molecule has 1 saturated carbocycles. The molecule has 2 aromatic carbocycles. The number of hydrogen-bond donors (Lipinski definition) is 3. The van der Waals surface area contributed by atoms with E-state index in [9.17, 15) is 19.1 Å². The molecular formula is C19H18ClFN2O3. The van der Waals surface area contributed by atoms with E-state index in [0.717, 1.165) is 18.9 Å². The van der Waals surface area contributed by atoms with Gasteiger partial charge in [-0.05, 0) is 42.5 Å². The molecule has 0 bridgehead atoms. The average molecular weight is 377 g/mol. The van der Waals surface area contributed by atoms with Crippen molar-refractivity contribution in [2.75, 3.05) is 11.9 Å². The maximum Gasteiger partial charge on any atom is 0.313 e. The minimum atomic E-state index is -1.21. The molecular weight excluding hydrogens is 359 g/mol. The first kappa shape index (κ1) is 18.4. The third-order valence-corrected chi connectivity index (χ3v) is 4.72. The summed E-state index contributed by atoms with van der Waals surface area (Å²) in [4.78, 5) is 24.1. The Bertz CT molecular complexity index is 827. The summed E-state index contributed by atoms with van der Waals surface area (Å²) in [5, 5.41) is 15.7. The van der Waals surface area contributed by atoms with Crippen molar-refractivity contribution >= 4 is 29.1 Å². The van der Waals surface area contributed by atoms with Crippen LogP contribution in [0.15, 0.2) is 48.5 Å². The highest BCUT2D eigenvalue weighted by molar-refractivity contribution is 6.39. The number of aliphatic hydroxyl groups is 1. The van der Waals surface area contributed by atoms with Gasteiger partial charge in [-0.2, -0.15) is 0 Å². The fourth-order valence-corrected chi connectivity index (χ4v) is 3.01. The lowest BCUT2D eigenvalue weighted by molar-refractivity contribution is -0.137. The van der Waals surface area contributed by atoms with Gasteiger partial charge in [0, 0.05) is 5.69 Å². The second kappa shape index (κ2) is 7.43. The van der Waals surface area contributed by atoms with Crippen LogP contribution in [0, 0.1) is 11.7 Å². The van der Waals surface area contributed by atoms with Crippen LogP contribution in [0.4, 0.5) is 10.1 Å². The van der Waals surface area contributed by atoms with Crippen LogP contribution >= 0.6 is 11.6 Å². The first-order valence-corrected chi connectivity index (χ1v) is 8.60. The fraction of sp³-hybridized carbons (Fsp3) is 0.263. The van der Waals surface area contributed by atoms with E-state index in [-0.39, 0.29) is 23.2 Å². The van der Waals surface area contributed by atoms with E-state index >= 15 is 0 Å². The molecule has 0 aliphatic heterocycles. The van der Waals surface area contributed by atoms with Crippen LogP contribution in [0.1, 0.15) is 18.4 Å². The van der Waals surface area contributed by atoms with Gasteiger partial charge in [0.25, 0.3) is 0 Å². The monoisotopic (exact) mass is 376 g/mol. The molecule has 1 fully saturated rings. The fourth-order valence-electron chi connectivity index (χ4n) is 2.83. The number of nitrogens with one attached hydrogen (secondary N) is 2. The summed E-state index contributed by atoms with van der Waals surface area (Å²) < 4.78 is 13.1. The number of hydrogen-bond acceptors (Lipinski definition) is 3. The summed E-state index contributed by atoms with van der Waals surface area (Å²) in [7, 11) is 0. The van der Waals surface area contributed by atoms with Crippen molar-refractivity contribution in [2.45, 2.75) is 18.4 Å². The summed E-state index contributed by atoms with van der Waals surface area (Å²) >= 11 is 5.65. The van der Waals surface area contributed by atoms with Crippen molar-refractivity contribution in [3.05, 3.63) is 64.9 Å². The van der Waals surface area contributed by atoms with Crippen molar-refractivity contribution in [2.24, 2.45) is 5.92 Å². The zero-order valence-corrected chi connectivity index (χ0v) is 14.6. The molecule has 2 amide bonds. The van der Waals surface area contributed by atoms with E-state index < -0.39 is 23.2 Å². The molecule has 1 atom stereocenters. The molecule has 1 unspecified atom stereocenters. The molecule has 0 heterocycles. The Hall–Kier alpha value is -2.44. The third kappa shape index (κ3) is 4.03. The van der Waals surface area contributed by atoms with Crippen molar-refractivity contribution < 1.29 is 19.1 Å². The maximum atomic E-state index is 13.1. The Morgan fingerprint density at radius 3 is 2.46 bits per heavy atom. The van der Waals surface area contributed by atoms with Gasteiger partial charge < -0.3 is 15.7 Å². The van der Waals surface area contributed by atoms with E-state index in [1.165, 1.54) is 12.1 Å². The largest absolute Gasteiger partial charge is 0.383 e. The number of carbonyl (C=O) groups excluding carboxylic acids is 2. The van der Waals surface area contributed by atoms with Gasteiger partial charge in [0.1, 0.15) is 11.4 Å². The minimum absolute atomic E-state index is 0.0455. The molecule has 0 saturated heterocycles. The normalized spacial score (nSPS) is 15.8. The lowest BCUT2D eigenvalue weighted by Crippen LogP contribution is -2.45. The third-order valence-electron chi connectivity index (χ3n) is 4.43. The molecule has 1 aliphatic rings. The van der Waals surface area contributed by atoms with Gasteiger partial charge in [0.05, 0.1) is 11.6 Å². The highest BCUT2D eigenvalue weighted by atomic mass is 35.5. The summed E-state index contributed by atoms with van der Waals surface area (Å²) in [5.74, 6) is -2.38. The van der Waals surface area contributed by atoms with Gasteiger partial charge in [-0.3, -0.25) is 9.59 Å². The van der Waals surface area contributed by atoms with Crippen molar-refractivity contribution in [1.82, 2.24) is 5.32 Å². The number of halogens is 2. The molecule has 2 aromatic rings. The Labute approximate surface area is 155 Å². The van der Waals surface area contributed by atoms with Gasteiger partial charge in [0.2, 0.25) is 0 Å². The predicted molar refractivity (Wildman–Crippen MR) is 96.1 cm³/mol. The zero-order chi connectivity index (χ0) is 18.7. The number of benzene rings is 2. The van der Waals surface area contributed by atoms with E-state index in [1.807, 2.05) is 18.2 Å². The first-order chi connectivity index (χ1) is 12.4. The van der Waals surface area contributed by atoms with Gasteiger partial charge in [-0.25, -0.2) is 4.39 Å². The highest BCUT2D eigenvalue weighted by Crippen LogP contribution is 2.45. The molecule has 7 heteroatoms. The Balaban J connectivity index is 1.63. The summed E-state index contributed by atoms with van der Waals surface area (Å²) in [6.07, 6.45) is 1.73. The van der Waals surface area contributed by atoms with Gasteiger partial charge in [0.15, 0.2) is 0 Å². The lowest BCUT2D eigenvalue weighted by atomic mass is 9.88. The van der Waals surface area contributed by atoms with E-state index in [4.69, 9.17) is 11.6 Å². The van der Waals surface area contributed by atoms with Gasteiger partial charge in [-0.1, -0.05) is 41.9 Å². The second-order valence-corrected chi connectivity index (χ2v) is 6.74. The molecule has 0 radical (unpaired) electrons. The number of anilines is 1. The van der Waals surface area contributed by atoms with Crippen LogP contribution < -0.4 is 10.6 Å². The van der Waals surface area contributed by atoms with Gasteiger partial charge in [-0.15, -0.1) is 0 Å². The van der Waals surface area contributed by atoms with Crippen LogP contribution in [-0.4, -0.2) is 23.5 Å². The minimum Gasteiger partial charge on any atom is -0.383 e. The SMILES string of the molecule is O=C(NCC(O)(c1ccccc1)C1CC1)C(=O)Nc1ccc(F)c(Cl)c1. The molecule has 5 nitrogen and oxygen atoms in total. The van der Waals surface area contributed by atoms with Crippen molar-refractivity contribution in [1.29, 1.82) is 0 Å². The molecule has 136 valence electrons. The Kier molecular flexibility index (Phi) is 5.25. The van der Waals surface area contributed by atoms with Crippen molar-refractivity contribution in [3.8, 4) is 0 Å². The smallest absolute Gasteiger partial charge is 0.313 e. The molecule has 0 spiro atoms. The molecule has 3 N–H and O–H groups in total. The average Bonchev–Trinajstić information content (AvgIpc) is 3.49. The van der Waals surface area contributed by atoms with Crippen LogP contribution in [0.3, 0.4) is 0 Å². The first-order valence-electron chi connectivity index (χ1n) is 8.22. The summed E-state index contributed by atoms with van der Waals surface area (Å²) in [6, 6.07) is 12.7. The Morgan fingerprint density at radius 1 is 1.15 bits per heavy atom. The summed E-state index contributed by atoms with van der Waals surface area (Å²) in [6.45, 7) is -0.0713. The molecule has 3 rings (SSSR count). The van der Waals surface area contributed by atoms with E-state index in [0.29, 0.717) is 5.56 Å². The number of carbonyl (C=O) groups is 2. The maximum absolute atomic E-state index is 13.1. The molecule has 0 aromatic heterocycles. The number of amides is 2. The van der Waals surface area contributed by atoms with Crippen LogP contribution in [-0.2, 0) is 15.2 Å². The molecule has 26 heavy (non-hydrogen) atoms. The highest BCUT2D eigenvalue weighted by Gasteiger charge is 2.45.